The summed E-state index contributed by atoms with van der Waals surface area (Å²) in [4.78, 5) is 14.1. The van der Waals surface area contributed by atoms with Crippen molar-refractivity contribution in [3.8, 4) is 0 Å². The summed E-state index contributed by atoms with van der Waals surface area (Å²) in [7, 11) is 1.83. The van der Waals surface area contributed by atoms with Crippen molar-refractivity contribution >= 4 is 5.91 Å². The van der Waals surface area contributed by atoms with Gasteiger partial charge in [-0.25, -0.2) is 13.2 Å². The Morgan fingerprint density at radius 2 is 1.95 bits per heavy atom. The number of carbonyl (C=O) groups is 1. The molecular formula is C15H19F3N2O. The van der Waals surface area contributed by atoms with Crippen LogP contribution in [-0.2, 0) is 0 Å². The zero-order valence-electron chi connectivity index (χ0n) is 12.0. The second-order valence-electron chi connectivity index (χ2n) is 5.29. The number of amides is 1. The molecule has 0 saturated carbocycles. The van der Waals surface area contributed by atoms with Crippen molar-refractivity contribution in [1.82, 2.24) is 10.2 Å². The van der Waals surface area contributed by atoms with Gasteiger partial charge >= 0.3 is 0 Å². The number of rotatable bonds is 4. The smallest absolute Gasteiger partial charge is 0.254 e. The van der Waals surface area contributed by atoms with Gasteiger partial charge in [0.2, 0.25) is 0 Å². The highest BCUT2D eigenvalue weighted by Crippen LogP contribution is 2.23. The van der Waals surface area contributed by atoms with Gasteiger partial charge in [0.05, 0.1) is 0 Å². The fraction of sp³-hybridized carbons (Fsp3) is 0.533. The minimum Gasteiger partial charge on any atom is -0.336 e. The van der Waals surface area contributed by atoms with Crippen molar-refractivity contribution in [2.45, 2.75) is 31.7 Å². The Bertz CT molecular complexity index is 499. The third-order valence-electron chi connectivity index (χ3n) is 3.85. The topological polar surface area (TPSA) is 32.3 Å². The molecule has 1 aliphatic heterocycles. The average molecular weight is 300 g/mol. The Labute approximate surface area is 122 Å². The third-order valence-corrected chi connectivity index (χ3v) is 3.85. The third kappa shape index (κ3) is 3.56. The lowest BCUT2D eigenvalue weighted by atomic mass is 9.98. The fourth-order valence-corrected chi connectivity index (χ4v) is 2.72. The summed E-state index contributed by atoms with van der Waals surface area (Å²) in [5.74, 6) is -4.64. The monoisotopic (exact) mass is 300 g/mol. The molecule has 1 aliphatic rings. The van der Waals surface area contributed by atoms with Gasteiger partial charge in [-0.05, 0) is 51.4 Å². The van der Waals surface area contributed by atoms with Crippen LogP contribution in [0.25, 0.3) is 0 Å². The number of nitrogens with zero attached hydrogens (tertiary/aromatic N) is 1. The van der Waals surface area contributed by atoms with Gasteiger partial charge in [-0.1, -0.05) is 0 Å². The second kappa shape index (κ2) is 6.93. The fourth-order valence-electron chi connectivity index (χ4n) is 2.72. The van der Waals surface area contributed by atoms with Gasteiger partial charge in [-0.2, -0.15) is 0 Å². The molecule has 6 heteroatoms. The normalized spacial score (nSPS) is 18.9. The molecule has 1 amide bonds. The van der Waals surface area contributed by atoms with Crippen molar-refractivity contribution in [3.05, 3.63) is 35.1 Å². The van der Waals surface area contributed by atoms with Crippen LogP contribution < -0.4 is 5.32 Å². The molecule has 0 aliphatic carbocycles. The van der Waals surface area contributed by atoms with Gasteiger partial charge in [-0.15, -0.1) is 0 Å². The number of halogens is 3. The van der Waals surface area contributed by atoms with Crippen LogP contribution >= 0.6 is 0 Å². The molecule has 116 valence electrons. The number of nitrogens with one attached hydrogen (secondary N) is 1. The molecule has 0 radical (unpaired) electrons. The van der Waals surface area contributed by atoms with Gasteiger partial charge in [0, 0.05) is 18.2 Å². The highest BCUT2D eigenvalue weighted by molar-refractivity contribution is 5.94. The molecule has 1 atom stereocenters. The zero-order valence-corrected chi connectivity index (χ0v) is 12.0. The molecule has 1 heterocycles. The van der Waals surface area contributed by atoms with E-state index in [0.717, 1.165) is 44.4 Å². The highest BCUT2D eigenvalue weighted by Gasteiger charge is 2.28. The van der Waals surface area contributed by atoms with Gasteiger partial charge in [0.1, 0.15) is 0 Å². The lowest BCUT2D eigenvalue weighted by Gasteiger charge is -2.36. The number of hydrogen-bond acceptors (Lipinski definition) is 2. The van der Waals surface area contributed by atoms with Crippen LogP contribution in [0.5, 0.6) is 0 Å². The molecule has 1 unspecified atom stereocenters. The van der Waals surface area contributed by atoms with Crippen LogP contribution in [0, 0.1) is 17.5 Å². The highest BCUT2D eigenvalue weighted by atomic mass is 19.2. The summed E-state index contributed by atoms with van der Waals surface area (Å²) in [5, 5.41) is 3.03. The van der Waals surface area contributed by atoms with E-state index in [1.54, 1.807) is 4.90 Å². The largest absolute Gasteiger partial charge is 0.336 e. The summed E-state index contributed by atoms with van der Waals surface area (Å²) in [6, 6.07) is 1.59. The van der Waals surface area contributed by atoms with Gasteiger partial charge in [0.15, 0.2) is 17.5 Å². The lowest BCUT2D eigenvalue weighted by molar-refractivity contribution is 0.0601. The standard InChI is InChI=1S/C15H19F3N2O/c1-19-6-5-11-4-2-3-7-20(11)15(21)10-8-12(16)14(18)13(17)9-10/h8-9,11,19H,2-7H2,1H3. The van der Waals surface area contributed by atoms with Gasteiger partial charge in [-0.3, -0.25) is 4.79 Å². The quantitative estimate of drug-likeness (QED) is 0.867. The molecule has 1 saturated heterocycles. The van der Waals surface area contributed by atoms with Crippen LogP contribution in [0.15, 0.2) is 12.1 Å². The second-order valence-corrected chi connectivity index (χ2v) is 5.29. The van der Waals surface area contributed by atoms with Crippen LogP contribution in [0.2, 0.25) is 0 Å². The first-order valence-corrected chi connectivity index (χ1v) is 7.14. The van der Waals surface area contributed by atoms with E-state index in [2.05, 4.69) is 5.32 Å². The summed E-state index contributed by atoms with van der Waals surface area (Å²) >= 11 is 0. The predicted octanol–water partition coefficient (Wildman–Crippen LogP) is 2.71. The molecule has 1 N–H and O–H groups in total. The number of piperidine rings is 1. The Hall–Kier alpha value is -1.56. The van der Waals surface area contributed by atoms with E-state index in [1.165, 1.54) is 0 Å². The van der Waals surface area contributed by atoms with Crippen molar-refractivity contribution < 1.29 is 18.0 Å². The molecule has 0 spiro atoms. The number of carbonyl (C=O) groups excluding carboxylic acids is 1. The summed E-state index contributed by atoms with van der Waals surface area (Å²) in [6.45, 7) is 1.33. The van der Waals surface area contributed by atoms with E-state index in [0.29, 0.717) is 6.54 Å². The van der Waals surface area contributed by atoms with E-state index >= 15 is 0 Å². The van der Waals surface area contributed by atoms with Gasteiger partial charge in [0.25, 0.3) is 5.91 Å². The molecule has 2 rings (SSSR count). The SMILES string of the molecule is CNCCC1CCCCN1C(=O)c1cc(F)c(F)c(F)c1. The minimum absolute atomic E-state index is 0.0508. The molecule has 0 aromatic heterocycles. The molecule has 1 fully saturated rings. The van der Waals surface area contributed by atoms with E-state index in [9.17, 15) is 18.0 Å². The first-order chi connectivity index (χ1) is 10.0. The average Bonchev–Trinajstić information content (AvgIpc) is 2.49. The number of benzene rings is 1. The Kier molecular flexibility index (Phi) is 5.22. The van der Waals surface area contributed by atoms with Crippen molar-refractivity contribution in [2.75, 3.05) is 20.1 Å². The van der Waals surface area contributed by atoms with E-state index < -0.39 is 23.4 Å². The van der Waals surface area contributed by atoms with Crippen LogP contribution in [0.4, 0.5) is 13.2 Å². The number of hydrogen-bond donors (Lipinski definition) is 1. The lowest BCUT2D eigenvalue weighted by Crippen LogP contribution is -2.44. The summed E-state index contributed by atoms with van der Waals surface area (Å²) in [6.07, 6.45) is 3.56. The maximum Gasteiger partial charge on any atom is 0.254 e. The zero-order chi connectivity index (χ0) is 15.4. The molecule has 1 aromatic rings. The molecule has 1 aromatic carbocycles. The Morgan fingerprint density at radius 1 is 1.29 bits per heavy atom. The summed E-state index contributed by atoms with van der Waals surface area (Å²) < 4.78 is 39.5. The molecular weight excluding hydrogens is 281 g/mol. The molecule has 21 heavy (non-hydrogen) atoms. The van der Waals surface area contributed by atoms with Crippen LogP contribution in [-0.4, -0.2) is 37.0 Å². The maximum absolute atomic E-state index is 13.3. The van der Waals surface area contributed by atoms with Crippen LogP contribution in [0.1, 0.15) is 36.0 Å². The number of likely N-dealkylation sites (tertiary alicyclic amines) is 1. The van der Waals surface area contributed by atoms with Crippen molar-refractivity contribution in [3.63, 3.8) is 0 Å². The molecule has 3 nitrogen and oxygen atoms in total. The van der Waals surface area contributed by atoms with Crippen LogP contribution in [0.3, 0.4) is 0 Å². The van der Waals surface area contributed by atoms with E-state index in [1.807, 2.05) is 7.05 Å². The van der Waals surface area contributed by atoms with Crippen molar-refractivity contribution in [2.24, 2.45) is 0 Å². The van der Waals surface area contributed by atoms with Crippen molar-refractivity contribution in [1.29, 1.82) is 0 Å². The van der Waals surface area contributed by atoms with E-state index in [4.69, 9.17) is 0 Å². The molecule has 0 bridgehead atoms. The predicted molar refractivity (Wildman–Crippen MR) is 73.5 cm³/mol. The first-order valence-electron chi connectivity index (χ1n) is 7.14. The maximum atomic E-state index is 13.3. The minimum atomic E-state index is -1.54. The Morgan fingerprint density at radius 3 is 2.57 bits per heavy atom. The van der Waals surface area contributed by atoms with Gasteiger partial charge < -0.3 is 10.2 Å². The Balaban J connectivity index is 2.20. The summed E-state index contributed by atoms with van der Waals surface area (Å²) in [5.41, 5.74) is -0.136. The first kappa shape index (κ1) is 15.8. The van der Waals surface area contributed by atoms with E-state index in [-0.39, 0.29) is 11.6 Å².